The lowest BCUT2D eigenvalue weighted by Crippen LogP contribution is -2.17. The Kier molecular flexibility index (Phi) is 4.02. The van der Waals surface area contributed by atoms with Crippen molar-refractivity contribution in [3.05, 3.63) is 57.0 Å². The first-order valence-electron chi connectivity index (χ1n) is 7.25. The summed E-state index contributed by atoms with van der Waals surface area (Å²) in [6.45, 7) is 3.23. The minimum atomic E-state index is -0.298. The van der Waals surface area contributed by atoms with Gasteiger partial charge in [-0.2, -0.15) is 0 Å². The smallest absolute Gasteiger partial charge is 0.266 e. The summed E-state index contributed by atoms with van der Waals surface area (Å²) in [6, 6.07) is 6.67. The molecule has 122 valence electrons. The van der Waals surface area contributed by atoms with Crippen molar-refractivity contribution >= 4 is 38.9 Å². The molecule has 1 aromatic carbocycles. The van der Waals surface area contributed by atoms with Crippen molar-refractivity contribution < 1.29 is 9.59 Å². The molecule has 6 nitrogen and oxygen atoms in total. The van der Waals surface area contributed by atoms with Gasteiger partial charge in [-0.3, -0.25) is 14.4 Å². The van der Waals surface area contributed by atoms with Crippen molar-refractivity contribution in [1.29, 1.82) is 0 Å². The first-order chi connectivity index (χ1) is 11.4. The van der Waals surface area contributed by atoms with Gasteiger partial charge in [0.15, 0.2) is 5.78 Å². The number of ketones is 1. The van der Waals surface area contributed by atoms with Crippen LogP contribution in [0.1, 0.15) is 32.5 Å². The summed E-state index contributed by atoms with van der Waals surface area (Å²) in [7, 11) is 1.63. The number of hydrogen-bond acceptors (Lipinski definition) is 5. The molecule has 0 aliphatic carbocycles. The van der Waals surface area contributed by atoms with E-state index in [1.807, 2.05) is 0 Å². The Hall–Kier alpha value is -2.80. The average molecular weight is 341 g/mol. The first kappa shape index (κ1) is 16.1. The molecule has 2 aromatic heterocycles. The van der Waals surface area contributed by atoms with Crippen LogP contribution in [0.4, 0.5) is 5.69 Å². The molecule has 0 aliphatic rings. The molecular formula is C17H15N3O3S. The van der Waals surface area contributed by atoms with E-state index in [4.69, 9.17) is 0 Å². The van der Waals surface area contributed by atoms with E-state index in [1.165, 1.54) is 29.2 Å². The maximum Gasteiger partial charge on any atom is 0.266 e. The van der Waals surface area contributed by atoms with E-state index in [0.29, 0.717) is 31.9 Å². The number of nitrogens with one attached hydrogen (secondary N) is 1. The van der Waals surface area contributed by atoms with Crippen molar-refractivity contribution in [2.45, 2.75) is 13.8 Å². The number of amides is 1. The summed E-state index contributed by atoms with van der Waals surface area (Å²) in [5, 5.41) is 3.26. The van der Waals surface area contributed by atoms with Crippen molar-refractivity contribution in [3.8, 4) is 0 Å². The number of carbonyl (C=O) groups is 2. The van der Waals surface area contributed by atoms with Crippen molar-refractivity contribution in [3.63, 3.8) is 0 Å². The molecule has 0 radical (unpaired) electrons. The number of aryl methyl sites for hydroxylation is 2. The van der Waals surface area contributed by atoms with Gasteiger partial charge in [-0.05, 0) is 43.7 Å². The van der Waals surface area contributed by atoms with Gasteiger partial charge in [0.2, 0.25) is 0 Å². The van der Waals surface area contributed by atoms with Gasteiger partial charge >= 0.3 is 0 Å². The number of anilines is 1. The van der Waals surface area contributed by atoms with Gasteiger partial charge in [0.1, 0.15) is 4.83 Å². The number of fused-ring (bicyclic) bond motifs is 1. The van der Waals surface area contributed by atoms with E-state index in [9.17, 15) is 14.4 Å². The third-order valence-electron chi connectivity index (χ3n) is 3.77. The number of carbonyl (C=O) groups excluding carboxylic acids is 2. The van der Waals surface area contributed by atoms with Gasteiger partial charge in [-0.25, -0.2) is 4.98 Å². The molecule has 24 heavy (non-hydrogen) atoms. The fourth-order valence-electron chi connectivity index (χ4n) is 2.40. The van der Waals surface area contributed by atoms with E-state index in [1.54, 1.807) is 38.2 Å². The molecule has 0 saturated heterocycles. The number of benzene rings is 1. The Morgan fingerprint density at radius 1 is 1.21 bits per heavy atom. The first-order valence-corrected chi connectivity index (χ1v) is 8.07. The van der Waals surface area contributed by atoms with Gasteiger partial charge in [0, 0.05) is 18.3 Å². The summed E-state index contributed by atoms with van der Waals surface area (Å²) >= 11 is 1.19. The molecular weight excluding hydrogens is 326 g/mol. The molecule has 7 heteroatoms. The van der Waals surface area contributed by atoms with E-state index < -0.39 is 0 Å². The quantitative estimate of drug-likeness (QED) is 0.743. The van der Waals surface area contributed by atoms with Crippen LogP contribution in [0.15, 0.2) is 35.4 Å². The van der Waals surface area contributed by atoms with E-state index >= 15 is 0 Å². The molecule has 0 saturated carbocycles. The van der Waals surface area contributed by atoms with Gasteiger partial charge in [-0.1, -0.05) is 0 Å². The van der Waals surface area contributed by atoms with E-state index in [2.05, 4.69) is 10.3 Å². The zero-order valence-corrected chi connectivity index (χ0v) is 14.2. The second kappa shape index (κ2) is 6.01. The largest absolute Gasteiger partial charge is 0.321 e. The fourth-order valence-corrected chi connectivity index (χ4v) is 3.44. The number of nitrogens with zero attached hydrogens (tertiary/aromatic N) is 2. The Labute approximate surface area is 141 Å². The Balaban J connectivity index is 1.94. The van der Waals surface area contributed by atoms with Crippen LogP contribution in [0.25, 0.3) is 10.2 Å². The molecule has 0 unspecified atom stereocenters. The monoisotopic (exact) mass is 341 g/mol. The normalized spacial score (nSPS) is 10.8. The minimum absolute atomic E-state index is 0.0323. The lowest BCUT2D eigenvalue weighted by molar-refractivity contribution is 0.101. The maximum absolute atomic E-state index is 12.5. The Morgan fingerprint density at radius 3 is 2.50 bits per heavy atom. The molecule has 0 bridgehead atoms. The number of rotatable bonds is 3. The molecule has 0 spiro atoms. The Bertz CT molecular complexity index is 1020. The van der Waals surface area contributed by atoms with Crippen LogP contribution in [0.3, 0.4) is 0 Å². The topological polar surface area (TPSA) is 81.1 Å². The lowest BCUT2D eigenvalue weighted by Gasteiger charge is -2.05. The fraction of sp³-hybridized carbons (Fsp3) is 0.176. The van der Waals surface area contributed by atoms with Crippen LogP contribution < -0.4 is 10.9 Å². The lowest BCUT2D eigenvalue weighted by atomic mass is 10.1. The summed E-state index contributed by atoms with van der Waals surface area (Å²) in [6.07, 6.45) is 1.45. The van der Waals surface area contributed by atoms with Gasteiger partial charge in [0.25, 0.3) is 11.5 Å². The molecule has 0 fully saturated rings. The van der Waals surface area contributed by atoms with Crippen LogP contribution in [-0.4, -0.2) is 21.2 Å². The number of Topliss-reactive ketones (excluding diaryl/α,β-unsaturated/α-hetero) is 1. The predicted molar refractivity (Wildman–Crippen MR) is 94.0 cm³/mol. The molecule has 2 heterocycles. The van der Waals surface area contributed by atoms with Crippen molar-refractivity contribution in [1.82, 2.24) is 9.55 Å². The van der Waals surface area contributed by atoms with Crippen LogP contribution in [-0.2, 0) is 7.05 Å². The second-order valence-corrected chi connectivity index (χ2v) is 6.48. The zero-order chi connectivity index (χ0) is 17.4. The van der Waals surface area contributed by atoms with Crippen LogP contribution in [0.2, 0.25) is 0 Å². The molecule has 3 aromatic rings. The van der Waals surface area contributed by atoms with Gasteiger partial charge in [0.05, 0.1) is 16.6 Å². The van der Waals surface area contributed by atoms with E-state index in [-0.39, 0.29) is 17.2 Å². The molecule has 1 N–H and O–H groups in total. The second-order valence-electron chi connectivity index (χ2n) is 5.48. The summed E-state index contributed by atoms with van der Waals surface area (Å²) in [4.78, 5) is 41.2. The highest BCUT2D eigenvalue weighted by molar-refractivity contribution is 7.20. The van der Waals surface area contributed by atoms with Crippen molar-refractivity contribution in [2.75, 3.05) is 5.32 Å². The van der Waals surface area contributed by atoms with Gasteiger partial charge < -0.3 is 9.88 Å². The number of thiophene rings is 1. The third-order valence-corrected chi connectivity index (χ3v) is 4.96. The highest BCUT2D eigenvalue weighted by Gasteiger charge is 2.19. The number of aromatic nitrogens is 2. The summed E-state index contributed by atoms with van der Waals surface area (Å²) in [5.74, 6) is -0.330. The predicted octanol–water partition coefficient (Wildman–Crippen LogP) is 2.76. The highest BCUT2D eigenvalue weighted by Crippen LogP contribution is 2.27. The van der Waals surface area contributed by atoms with Crippen LogP contribution in [0.5, 0.6) is 0 Å². The maximum atomic E-state index is 12.5. The highest BCUT2D eigenvalue weighted by atomic mass is 32.1. The molecule has 3 rings (SSSR count). The standard InChI is InChI=1S/C17H15N3O3S/c1-9-13-16(18-8-20(3)17(13)23)24-14(9)15(22)19-12-6-4-11(5-7-12)10(2)21/h4-8H,1-3H3,(H,19,22). The average Bonchev–Trinajstić information content (AvgIpc) is 2.89. The molecule has 0 atom stereocenters. The third kappa shape index (κ3) is 2.74. The Morgan fingerprint density at radius 2 is 1.88 bits per heavy atom. The molecule has 0 aliphatic heterocycles. The summed E-state index contributed by atoms with van der Waals surface area (Å²) in [5.41, 5.74) is 1.63. The van der Waals surface area contributed by atoms with E-state index in [0.717, 1.165) is 0 Å². The van der Waals surface area contributed by atoms with Crippen molar-refractivity contribution in [2.24, 2.45) is 7.05 Å². The summed E-state index contributed by atoms with van der Waals surface area (Å²) < 4.78 is 1.39. The number of hydrogen-bond donors (Lipinski definition) is 1. The van der Waals surface area contributed by atoms with Gasteiger partial charge in [-0.15, -0.1) is 11.3 Å². The molecule has 1 amide bonds. The van der Waals surface area contributed by atoms with Crippen LogP contribution in [0, 0.1) is 6.92 Å². The zero-order valence-electron chi connectivity index (χ0n) is 13.4. The van der Waals surface area contributed by atoms with Crippen LogP contribution >= 0.6 is 11.3 Å². The SMILES string of the molecule is CC(=O)c1ccc(NC(=O)c2sc3ncn(C)c(=O)c3c2C)cc1. The minimum Gasteiger partial charge on any atom is -0.321 e.